The first-order valence-electron chi connectivity index (χ1n) is 5.74. The van der Waals surface area contributed by atoms with Crippen molar-refractivity contribution in [2.75, 3.05) is 19.5 Å². The SMILES string of the molecule is COC[C@@H](C)NC(=O)CSc1nc(C)cc(C)n1. The molecule has 1 N–H and O–H groups in total. The van der Waals surface area contributed by atoms with Crippen LogP contribution in [-0.4, -0.2) is 41.4 Å². The molecule has 1 rings (SSSR count). The second kappa shape index (κ2) is 7.33. The highest BCUT2D eigenvalue weighted by molar-refractivity contribution is 7.99. The van der Waals surface area contributed by atoms with Gasteiger partial charge in [-0.2, -0.15) is 0 Å². The van der Waals surface area contributed by atoms with Crippen molar-refractivity contribution < 1.29 is 9.53 Å². The van der Waals surface area contributed by atoms with E-state index >= 15 is 0 Å². The standard InChI is InChI=1S/C12H19N3O2S/c1-8-5-9(2)15-12(14-8)18-7-11(16)13-10(3)6-17-4/h5,10H,6-7H2,1-4H3,(H,13,16)/t10-/m1/s1. The fourth-order valence-corrected chi connectivity index (χ4v) is 2.26. The van der Waals surface area contributed by atoms with E-state index in [0.29, 0.717) is 17.5 Å². The Bertz CT molecular complexity index is 392. The van der Waals surface area contributed by atoms with Crippen molar-refractivity contribution in [1.82, 2.24) is 15.3 Å². The minimum absolute atomic E-state index is 0.0169. The Kier molecular flexibility index (Phi) is 6.07. The number of carbonyl (C=O) groups is 1. The number of ether oxygens (including phenoxy) is 1. The fourth-order valence-electron chi connectivity index (χ4n) is 1.50. The summed E-state index contributed by atoms with van der Waals surface area (Å²) in [6.07, 6.45) is 0. The van der Waals surface area contributed by atoms with Crippen molar-refractivity contribution in [2.24, 2.45) is 0 Å². The molecule has 0 saturated heterocycles. The number of hydrogen-bond acceptors (Lipinski definition) is 5. The number of nitrogens with zero attached hydrogens (tertiary/aromatic N) is 2. The molecule has 0 aromatic carbocycles. The monoisotopic (exact) mass is 269 g/mol. The van der Waals surface area contributed by atoms with E-state index in [0.717, 1.165) is 11.4 Å². The molecule has 0 saturated carbocycles. The van der Waals surface area contributed by atoms with Crippen molar-refractivity contribution >= 4 is 17.7 Å². The van der Waals surface area contributed by atoms with E-state index in [2.05, 4.69) is 15.3 Å². The van der Waals surface area contributed by atoms with Crippen LogP contribution in [0.3, 0.4) is 0 Å². The largest absolute Gasteiger partial charge is 0.383 e. The van der Waals surface area contributed by atoms with Gasteiger partial charge in [0.25, 0.3) is 0 Å². The van der Waals surface area contributed by atoms with Crippen LogP contribution in [0.15, 0.2) is 11.2 Å². The van der Waals surface area contributed by atoms with Crippen molar-refractivity contribution in [2.45, 2.75) is 32.0 Å². The van der Waals surface area contributed by atoms with Gasteiger partial charge in [-0.05, 0) is 26.8 Å². The second-order valence-corrected chi connectivity index (χ2v) is 5.09. The molecule has 0 fully saturated rings. The number of carbonyl (C=O) groups excluding carboxylic acids is 1. The molecule has 0 spiro atoms. The summed E-state index contributed by atoms with van der Waals surface area (Å²) in [7, 11) is 1.61. The van der Waals surface area contributed by atoms with Crippen LogP contribution in [0.4, 0.5) is 0 Å². The summed E-state index contributed by atoms with van der Waals surface area (Å²) >= 11 is 1.34. The molecule has 5 nitrogen and oxygen atoms in total. The van der Waals surface area contributed by atoms with Crippen LogP contribution in [0, 0.1) is 13.8 Å². The van der Waals surface area contributed by atoms with Gasteiger partial charge in [0, 0.05) is 24.5 Å². The molecular formula is C12H19N3O2S. The Balaban J connectivity index is 2.42. The molecule has 0 aliphatic heterocycles. The molecular weight excluding hydrogens is 250 g/mol. The Morgan fingerprint density at radius 1 is 1.44 bits per heavy atom. The number of aryl methyl sites for hydroxylation is 2. The summed E-state index contributed by atoms with van der Waals surface area (Å²) in [5.74, 6) is 0.282. The lowest BCUT2D eigenvalue weighted by Crippen LogP contribution is -2.36. The molecule has 1 amide bonds. The highest BCUT2D eigenvalue weighted by atomic mass is 32.2. The lowest BCUT2D eigenvalue weighted by atomic mass is 10.3. The zero-order chi connectivity index (χ0) is 13.5. The van der Waals surface area contributed by atoms with Gasteiger partial charge in [0.15, 0.2) is 5.16 Å². The zero-order valence-corrected chi connectivity index (χ0v) is 12.0. The number of amides is 1. The van der Waals surface area contributed by atoms with Crippen LogP contribution in [0.25, 0.3) is 0 Å². The Labute approximate surface area is 112 Å². The van der Waals surface area contributed by atoms with E-state index in [4.69, 9.17) is 4.74 Å². The molecule has 1 atom stereocenters. The molecule has 0 aliphatic carbocycles. The van der Waals surface area contributed by atoms with Gasteiger partial charge in [0.05, 0.1) is 12.4 Å². The minimum Gasteiger partial charge on any atom is -0.383 e. The van der Waals surface area contributed by atoms with Crippen molar-refractivity contribution in [1.29, 1.82) is 0 Å². The van der Waals surface area contributed by atoms with Gasteiger partial charge >= 0.3 is 0 Å². The molecule has 6 heteroatoms. The number of rotatable bonds is 6. The van der Waals surface area contributed by atoms with Gasteiger partial charge in [-0.25, -0.2) is 9.97 Å². The van der Waals surface area contributed by atoms with Gasteiger partial charge in [-0.15, -0.1) is 0 Å². The van der Waals surface area contributed by atoms with Crippen LogP contribution in [0.5, 0.6) is 0 Å². The number of hydrogen-bond donors (Lipinski definition) is 1. The Hall–Kier alpha value is -1.14. The van der Waals surface area contributed by atoms with E-state index in [1.807, 2.05) is 26.8 Å². The maximum Gasteiger partial charge on any atom is 0.230 e. The molecule has 0 aliphatic rings. The van der Waals surface area contributed by atoms with E-state index in [1.165, 1.54) is 11.8 Å². The average Bonchev–Trinajstić information content (AvgIpc) is 2.25. The first kappa shape index (κ1) is 14.9. The van der Waals surface area contributed by atoms with Crippen LogP contribution in [0.1, 0.15) is 18.3 Å². The summed E-state index contributed by atoms with van der Waals surface area (Å²) < 4.78 is 4.95. The number of methoxy groups -OCH3 is 1. The molecule has 0 radical (unpaired) electrons. The third-order valence-corrected chi connectivity index (χ3v) is 2.97. The highest BCUT2D eigenvalue weighted by Crippen LogP contribution is 2.13. The summed E-state index contributed by atoms with van der Waals surface area (Å²) in [6.45, 7) is 6.24. The van der Waals surface area contributed by atoms with Gasteiger partial charge < -0.3 is 10.1 Å². The van der Waals surface area contributed by atoms with Crippen LogP contribution in [-0.2, 0) is 9.53 Å². The van der Waals surface area contributed by atoms with Crippen LogP contribution in [0.2, 0.25) is 0 Å². The van der Waals surface area contributed by atoms with Gasteiger partial charge in [0.1, 0.15) is 0 Å². The predicted octanol–water partition coefficient (Wildman–Crippen LogP) is 1.34. The number of thioether (sulfide) groups is 1. The van der Waals surface area contributed by atoms with Crippen molar-refractivity contribution in [3.8, 4) is 0 Å². The molecule has 100 valence electrons. The Morgan fingerprint density at radius 2 is 2.06 bits per heavy atom. The predicted molar refractivity (Wildman–Crippen MR) is 71.7 cm³/mol. The zero-order valence-electron chi connectivity index (χ0n) is 11.2. The smallest absolute Gasteiger partial charge is 0.230 e. The van der Waals surface area contributed by atoms with E-state index in [-0.39, 0.29) is 11.9 Å². The molecule has 0 unspecified atom stereocenters. The van der Waals surface area contributed by atoms with E-state index in [9.17, 15) is 4.79 Å². The summed E-state index contributed by atoms with van der Waals surface area (Å²) in [5, 5.41) is 3.48. The van der Waals surface area contributed by atoms with E-state index in [1.54, 1.807) is 7.11 Å². The first-order chi connectivity index (χ1) is 8.51. The third-order valence-electron chi connectivity index (χ3n) is 2.12. The maximum absolute atomic E-state index is 11.6. The average molecular weight is 269 g/mol. The fraction of sp³-hybridized carbons (Fsp3) is 0.583. The van der Waals surface area contributed by atoms with Gasteiger partial charge in [-0.3, -0.25) is 4.79 Å². The van der Waals surface area contributed by atoms with E-state index < -0.39 is 0 Å². The molecule has 18 heavy (non-hydrogen) atoms. The first-order valence-corrected chi connectivity index (χ1v) is 6.73. The van der Waals surface area contributed by atoms with Gasteiger partial charge in [0.2, 0.25) is 5.91 Å². The quantitative estimate of drug-likeness (QED) is 0.623. The topological polar surface area (TPSA) is 64.1 Å². The van der Waals surface area contributed by atoms with Crippen LogP contribution >= 0.6 is 11.8 Å². The normalized spacial score (nSPS) is 12.2. The van der Waals surface area contributed by atoms with Gasteiger partial charge in [-0.1, -0.05) is 11.8 Å². The summed E-state index contributed by atoms with van der Waals surface area (Å²) in [5.41, 5.74) is 1.83. The molecule has 1 aromatic rings. The lowest BCUT2D eigenvalue weighted by Gasteiger charge is -2.12. The second-order valence-electron chi connectivity index (χ2n) is 4.15. The number of aromatic nitrogens is 2. The Morgan fingerprint density at radius 3 is 2.61 bits per heavy atom. The number of nitrogens with one attached hydrogen (secondary N) is 1. The van der Waals surface area contributed by atoms with Crippen LogP contribution < -0.4 is 5.32 Å². The lowest BCUT2D eigenvalue weighted by molar-refractivity contribution is -0.119. The molecule has 1 heterocycles. The maximum atomic E-state index is 11.6. The minimum atomic E-state index is -0.0349. The summed E-state index contributed by atoms with van der Waals surface area (Å²) in [4.78, 5) is 20.2. The molecule has 0 bridgehead atoms. The third kappa shape index (κ3) is 5.46. The summed E-state index contributed by atoms with van der Waals surface area (Å²) in [6, 6.07) is 1.92. The highest BCUT2D eigenvalue weighted by Gasteiger charge is 2.09. The van der Waals surface area contributed by atoms with Crippen molar-refractivity contribution in [3.63, 3.8) is 0 Å². The van der Waals surface area contributed by atoms with Crippen molar-refractivity contribution in [3.05, 3.63) is 17.5 Å². The molecule has 1 aromatic heterocycles.